The Morgan fingerprint density at radius 3 is 2.79 bits per heavy atom. The average Bonchev–Trinajstić information content (AvgIpc) is 2.74. The highest BCUT2D eigenvalue weighted by Gasteiger charge is 2.36. The molecular weight excluding hydrogens is 352 g/mol. The zero-order valence-corrected chi connectivity index (χ0v) is 15.9. The lowest BCUT2D eigenvalue weighted by atomic mass is 9.91. The van der Waals surface area contributed by atoms with Gasteiger partial charge in [0.15, 0.2) is 0 Å². The van der Waals surface area contributed by atoms with Crippen molar-refractivity contribution < 1.29 is 14.6 Å². The Morgan fingerprint density at radius 2 is 1.96 bits per heavy atom. The molecule has 3 aromatic rings. The number of piperidine rings is 1. The molecule has 4 rings (SSSR count). The van der Waals surface area contributed by atoms with Crippen molar-refractivity contribution >= 4 is 16.9 Å². The van der Waals surface area contributed by atoms with Crippen LogP contribution in [0.4, 0.5) is 0 Å². The van der Waals surface area contributed by atoms with Gasteiger partial charge in [0.05, 0.1) is 18.7 Å². The normalized spacial score (nSPS) is 18.7. The van der Waals surface area contributed by atoms with E-state index < -0.39 is 12.0 Å². The number of carboxylic acid groups (broad SMARTS) is 1. The molecular formula is C23H24N2O3. The van der Waals surface area contributed by atoms with Gasteiger partial charge in [-0.05, 0) is 43.1 Å². The van der Waals surface area contributed by atoms with Crippen LogP contribution in [0, 0.1) is 0 Å². The van der Waals surface area contributed by atoms with E-state index >= 15 is 0 Å². The van der Waals surface area contributed by atoms with Gasteiger partial charge in [0.2, 0.25) is 0 Å². The van der Waals surface area contributed by atoms with Crippen molar-refractivity contribution in [3.05, 3.63) is 71.9 Å². The second kappa shape index (κ2) is 7.98. The van der Waals surface area contributed by atoms with Gasteiger partial charge in [0, 0.05) is 17.1 Å². The van der Waals surface area contributed by atoms with E-state index in [0.717, 1.165) is 47.2 Å². The minimum atomic E-state index is -0.770. The highest BCUT2D eigenvalue weighted by Crippen LogP contribution is 2.38. The first kappa shape index (κ1) is 18.4. The Hall–Kier alpha value is -2.92. The number of fused-ring (bicyclic) bond motifs is 1. The number of benzene rings is 2. The van der Waals surface area contributed by atoms with Crippen LogP contribution in [0.5, 0.6) is 5.75 Å². The smallest absolute Gasteiger partial charge is 0.320 e. The largest absolute Gasteiger partial charge is 0.496 e. The molecule has 5 heteroatoms. The summed E-state index contributed by atoms with van der Waals surface area (Å²) in [5, 5.41) is 10.9. The standard InChI is InChI=1S/C23H24N2O3/c1-28-21-12-5-3-9-18(21)22(25-13-7-6-11-20(25)23(26)27)17-14-16-8-2-4-10-19(16)24-15-17/h2-5,8-10,12,14-15,20,22H,6-7,11,13H2,1H3,(H,26,27). The van der Waals surface area contributed by atoms with Crippen LogP contribution in [-0.2, 0) is 4.79 Å². The second-order valence-electron chi connectivity index (χ2n) is 7.19. The highest BCUT2D eigenvalue weighted by molar-refractivity contribution is 5.79. The fraction of sp³-hybridized carbons (Fsp3) is 0.304. The number of likely N-dealkylation sites (tertiary alicyclic amines) is 1. The van der Waals surface area contributed by atoms with Crippen molar-refractivity contribution in [2.24, 2.45) is 0 Å². The molecule has 1 aliphatic rings. The number of carbonyl (C=O) groups is 1. The van der Waals surface area contributed by atoms with Gasteiger partial charge in [-0.15, -0.1) is 0 Å². The van der Waals surface area contributed by atoms with Gasteiger partial charge in [0.25, 0.3) is 0 Å². The zero-order chi connectivity index (χ0) is 19.5. The number of hydrogen-bond acceptors (Lipinski definition) is 4. The predicted molar refractivity (Wildman–Crippen MR) is 109 cm³/mol. The topological polar surface area (TPSA) is 62.7 Å². The van der Waals surface area contributed by atoms with Gasteiger partial charge in [-0.3, -0.25) is 14.7 Å². The van der Waals surface area contributed by atoms with E-state index in [0.29, 0.717) is 6.42 Å². The van der Waals surface area contributed by atoms with Crippen LogP contribution in [0.3, 0.4) is 0 Å². The quantitative estimate of drug-likeness (QED) is 0.720. The molecule has 0 bridgehead atoms. The van der Waals surface area contributed by atoms with Crippen LogP contribution in [0.2, 0.25) is 0 Å². The Morgan fingerprint density at radius 1 is 1.18 bits per heavy atom. The van der Waals surface area contributed by atoms with Crippen LogP contribution in [0.25, 0.3) is 10.9 Å². The van der Waals surface area contributed by atoms with Crippen molar-refractivity contribution in [1.82, 2.24) is 9.88 Å². The summed E-state index contributed by atoms with van der Waals surface area (Å²) in [5.74, 6) is -0.0104. The molecule has 5 nitrogen and oxygen atoms in total. The first-order valence-electron chi connectivity index (χ1n) is 9.65. The van der Waals surface area contributed by atoms with Gasteiger partial charge in [0.1, 0.15) is 11.8 Å². The molecule has 0 radical (unpaired) electrons. The highest BCUT2D eigenvalue weighted by atomic mass is 16.5. The monoisotopic (exact) mass is 376 g/mol. The Kier molecular flexibility index (Phi) is 5.26. The number of aliphatic carboxylic acids is 1. The van der Waals surface area contributed by atoms with E-state index in [4.69, 9.17) is 4.74 Å². The first-order chi connectivity index (χ1) is 13.7. The molecule has 2 atom stereocenters. The molecule has 0 amide bonds. The third-order valence-electron chi connectivity index (χ3n) is 5.52. The molecule has 2 unspecified atom stereocenters. The molecule has 1 saturated heterocycles. The van der Waals surface area contributed by atoms with E-state index in [1.165, 1.54) is 0 Å². The lowest BCUT2D eigenvalue weighted by Gasteiger charge is -2.40. The number of hydrogen-bond donors (Lipinski definition) is 1. The molecule has 1 fully saturated rings. The maximum absolute atomic E-state index is 12.0. The molecule has 1 aromatic heterocycles. The Balaban J connectivity index is 1.88. The zero-order valence-electron chi connectivity index (χ0n) is 15.9. The van der Waals surface area contributed by atoms with Gasteiger partial charge in [-0.1, -0.05) is 42.8 Å². The average molecular weight is 376 g/mol. The van der Waals surface area contributed by atoms with E-state index in [1.54, 1.807) is 7.11 Å². The summed E-state index contributed by atoms with van der Waals surface area (Å²) < 4.78 is 5.63. The lowest BCUT2D eigenvalue weighted by molar-refractivity contribution is -0.145. The van der Waals surface area contributed by atoms with Crippen LogP contribution < -0.4 is 4.74 Å². The summed E-state index contributed by atoms with van der Waals surface area (Å²) >= 11 is 0. The van der Waals surface area contributed by atoms with Crippen molar-refractivity contribution in [2.45, 2.75) is 31.3 Å². The minimum absolute atomic E-state index is 0.227. The fourth-order valence-electron chi connectivity index (χ4n) is 4.21. The summed E-state index contributed by atoms with van der Waals surface area (Å²) in [6.45, 7) is 0.729. The van der Waals surface area contributed by atoms with E-state index in [2.05, 4.69) is 16.0 Å². The summed E-state index contributed by atoms with van der Waals surface area (Å²) in [6, 6.07) is 17.2. The molecule has 0 aliphatic carbocycles. The van der Waals surface area contributed by atoms with Crippen LogP contribution in [0.1, 0.15) is 36.4 Å². The molecule has 1 aliphatic heterocycles. The van der Waals surface area contributed by atoms with Gasteiger partial charge < -0.3 is 9.84 Å². The number of para-hydroxylation sites is 2. The van der Waals surface area contributed by atoms with Gasteiger partial charge in [-0.2, -0.15) is 0 Å². The Labute approximate surface area is 164 Å². The SMILES string of the molecule is COc1ccccc1C(c1cnc2ccccc2c1)N1CCCCC1C(=O)O. The van der Waals surface area contributed by atoms with Crippen LogP contribution >= 0.6 is 0 Å². The minimum Gasteiger partial charge on any atom is -0.496 e. The van der Waals surface area contributed by atoms with Crippen LogP contribution in [-0.4, -0.2) is 40.7 Å². The van der Waals surface area contributed by atoms with Crippen molar-refractivity contribution in [3.8, 4) is 5.75 Å². The Bertz CT molecular complexity index is 988. The molecule has 2 heterocycles. The van der Waals surface area contributed by atoms with Crippen LogP contribution in [0.15, 0.2) is 60.8 Å². The summed E-state index contributed by atoms with van der Waals surface area (Å²) in [7, 11) is 1.65. The summed E-state index contributed by atoms with van der Waals surface area (Å²) in [6.07, 6.45) is 4.44. The first-order valence-corrected chi connectivity index (χ1v) is 9.65. The summed E-state index contributed by atoms with van der Waals surface area (Å²) in [4.78, 5) is 18.7. The summed E-state index contributed by atoms with van der Waals surface area (Å²) in [5.41, 5.74) is 2.88. The number of methoxy groups -OCH3 is 1. The van der Waals surface area contributed by atoms with Crippen molar-refractivity contribution in [1.29, 1.82) is 0 Å². The molecule has 0 spiro atoms. The second-order valence-corrected chi connectivity index (χ2v) is 7.19. The fourth-order valence-corrected chi connectivity index (χ4v) is 4.21. The number of ether oxygens (including phenoxy) is 1. The van der Waals surface area contributed by atoms with Gasteiger partial charge >= 0.3 is 5.97 Å². The third-order valence-corrected chi connectivity index (χ3v) is 5.52. The number of pyridine rings is 1. The van der Waals surface area contributed by atoms with Crippen molar-refractivity contribution in [2.75, 3.05) is 13.7 Å². The molecule has 2 aromatic carbocycles. The number of carboxylic acids is 1. The van der Waals surface area contributed by atoms with E-state index in [-0.39, 0.29) is 6.04 Å². The lowest BCUT2D eigenvalue weighted by Crippen LogP contribution is -2.46. The van der Waals surface area contributed by atoms with E-state index in [1.807, 2.05) is 54.7 Å². The molecule has 144 valence electrons. The number of nitrogens with zero attached hydrogens (tertiary/aromatic N) is 2. The molecule has 28 heavy (non-hydrogen) atoms. The third kappa shape index (κ3) is 3.45. The maximum Gasteiger partial charge on any atom is 0.320 e. The molecule has 0 saturated carbocycles. The number of rotatable bonds is 5. The number of aromatic nitrogens is 1. The van der Waals surface area contributed by atoms with Gasteiger partial charge in [-0.25, -0.2) is 0 Å². The van der Waals surface area contributed by atoms with Crippen molar-refractivity contribution in [3.63, 3.8) is 0 Å². The van der Waals surface area contributed by atoms with E-state index in [9.17, 15) is 9.90 Å². The molecule has 1 N–H and O–H groups in total. The predicted octanol–water partition coefficient (Wildman–Crippen LogP) is 4.27. The maximum atomic E-state index is 12.0.